The van der Waals surface area contributed by atoms with Crippen LogP contribution in [-0.2, 0) is 9.53 Å². The molecule has 0 unspecified atom stereocenters. The summed E-state index contributed by atoms with van der Waals surface area (Å²) in [6.07, 6.45) is 19.7. The topological polar surface area (TPSA) is 26.3 Å². The maximum Gasteiger partial charge on any atom is 0.306 e. The number of unbranched alkanes of at least 4 members (excludes halogenated alkanes) is 12. The number of esters is 1. The summed E-state index contributed by atoms with van der Waals surface area (Å²) in [5.41, 5.74) is 0. The van der Waals surface area contributed by atoms with Crippen LogP contribution in [0.15, 0.2) is 0 Å². The van der Waals surface area contributed by atoms with Crippen molar-refractivity contribution in [3.8, 4) is 0 Å². The smallest absolute Gasteiger partial charge is 0.306 e. The number of rotatable bonds is 17. The molecule has 2 nitrogen and oxygen atoms in total. The van der Waals surface area contributed by atoms with Crippen molar-refractivity contribution >= 4 is 5.97 Å². The van der Waals surface area contributed by atoms with Crippen LogP contribution in [0.3, 0.4) is 0 Å². The molecule has 0 aromatic rings. The van der Waals surface area contributed by atoms with E-state index in [-0.39, 0.29) is 12.1 Å². The zero-order valence-electron chi connectivity index (χ0n) is 16.2. The van der Waals surface area contributed by atoms with Crippen LogP contribution < -0.4 is 0 Å². The highest BCUT2D eigenvalue weighted by molar-refractivity contribution is 5.69. The average molecular weight is 327 g/mol. The van der Waals surface area contributed by atoms with Crippen molar-refractivity contribution in [2.45, 2.75) is 130 Å². The first-order valence-electron chi connectivity index (χ1n) is 10.4. The Morgan fingerprint density at radius 3 is 1.65 bits per heavy atom. The van der Waals surface area contributed by atoms with Gasteiger partial charge in [-0.1, -0.05) is 90.9 Å². The van der Waals surface area contributed by atoms with Crippen molar-refractivity contribution in [1.29, 1.82) is 0 Å². The fraction of sp³-hybridized carbons (Fsp3) is 0.952. The molecular formula is C21H42O2. The van der Waals surface area contributed by atoms with E-state index in [1.807, 2.05) is 6.92 Å². The first-order valence-corrected chi connectivity index (χ1v) is 10.4. The summed E-state index contributed by atoms with van der Waals surface area (Å²) < 4.78 is 5.49. The van der Waals surface area contributed by atoms with E-state index in [9.17, 15) is 4.79 Å². The fourth-order valence-corrected chi connectivity index (χ4v) is 2.96. The van der Waals surface area contributed by atoms with Crippen molar-refractivity contribution < 1.29 is 9.53 Å². The number of hydrogen-bond donors (Lipinski definition) is 0. The third-order valence-corrected chi connectivity index (χ3v) is 4.53. The first-order chi connectivity index (χ1) is 11.2. The van der Waals surface area contributed by atoms with Gasteiger partial charge in [0.2, 0.25) is 0 Å². The quantitative estimate of drug-likeness (QED) is 0.209. The van der Waals surface area contributed by atoms with Crippen molar-refractivity contribution in [2.24, 2.45) is 0 Å². The summed E-state index contributed by atoms with van der Waals surface area (Å²) in [6, 6.07) is 0. The highest BCUT2D eigenvalue weighted by Crippen LogP contribution is 2.13. The molecule has 0 N–H and O–H groups in total. The van der Waals surface area contributed by atoms with Crippen LogP contribution in [0.4, 0.5) is 0 Å². The predicted octanol–water partition coefficient (Wildman–Crippen LogP) is 7.20. The van der Waals surface area contributed by atoms with Crippen LogP contribution >= 0.6 is 0 Å². The lowest BCUT2D eigenvalue weighted by molar-refractivity contribution is -0.148. The Labute approximate surface area is 145 Å². The van der Waals surface area contributed by atoms with Gasteiger partial charge in [-0.2, -0.15) is 0 Å². The second-order valence-electron chi connectivity index (χ2n) is 7.08. The van der Waals surface area contributed by atoms with Gasteiger partial charge in [-0.05, 0) is 26.2 Å². The zero-order valence-corrected chi connectivity index (χ0v) is 16.2. The van der Waals surface area contributed by atoms with Gasteiger partial charge in [0.05, 0.1) is 6.10 Å². The number of ether oxygens (including phenoxy) is 1. The maximum absolute atomic E-state index is 11.8. The van der Waals surface area contributed by atoms with Crippen LogP contribution in [0.1, 0.15) is 124 Å². The zero-order chi connectivity index (χ0) is 17.2. The number of carbonyl (C=O) groups excluding carboxylic acids is 1. The van der Waals surface area contributed by atoms with E-state index >= 15 is 0 Å². The summed E-state index contributed by atoms with van der Waals surface area (Å²) >= 11 is 0. The highest BCUT2D eigenvalue weighted by Gasteiger charge is 2.08. The SMILES string of the molecule is CCCCCCCCCCCC(=O)O[C@@H](C)CCCCCCC. The van der Waals surface area contributed by atoms with Gasteiger partial charge in [-0.3, -0.25) is 4.79 Å². The molecule has 0 aromatic carbocycles. The van der Waals surface area contributed by atoms with Gasteiger partial charge in [-0.15, -0.1) is 0 Å². The van der Waals surface area contributed by atoms with Crippen LogP contribution in [0.5, 0.6) is 0 Å². The normalized spacial score (nSPS) is 12.3. The lowest BCUT2D eigenvalue weighted by Gasteiger charge is -2.13. The van der Waals surface area contributed by atoms with Crippen molar-refractivity contribution in [3.05, 3.63) is 0 Å². The molecule has 0 spiro atoms. The van der Waals surface area contributed by atoms with E-state index in [2.05, 4.69) is 13.8 Å². The summed E-state index contributed by atoms with van der Waals surface area (Å²) in [5.74, 6) is 0.00834. The summed E-state index contributed by atoms with van der Waals surface area (Å²) in [4.78, 5) is 11.8. The Morgan fingerprint density at radius 1 is 0.696 bits per heavy atom. The van der Waals surface area contributed by atoms with Gasteiger partial charge in [0.25, 0.3) is 0 Å². The van der Waals surface area contributed by atoms with Crippen molar-refractivity contribution in [2.75, 3.05) is 0 Å². The molecule has 0 amide bonds. The van der Waals surface area contributed by atoms with Gasteiger partial charge < -0.3 is 4.74 Å². The molecule has 0 aromatic heterocycles. The second kappa shape index (κ2) is 17.8. The fourth-order valence-electron chi connectivity index (χ4n) is 2.96. The Morgan fingerprint density at radius 2 is 1.13 bits per heavy atom. The minimum atomic E-state index is 0.00834. The molecule has 0 saturated heterocycles. The number of hydrogen-bond acceptors (Lipinski definition) is 2. The molecule has 0 saturated carbocycles. The molecule has 0 aliphatic carbocycles. The molecule has 2 heteroatoms. The van der Waals surface area contributed by atoms with E-state index < -0.39 is 0 Å². The first kappa shape index (κ1) is 22.5. The van der Waals surface area contributed by atoms with E-state index in [0.717, 1.165) is 12.8 Å². The molecule has 23 heavy (non-hydrogen) atoms. The lowest BCUT2D eigenvalue weighted by atomic mass is 10.1. The van der Waals surface area contributed by atoms with Crippen LogP contribution in [0, 0.1) is 0 Å². The standard InChI is InChI=1S/C21H42O2/c1-4-6-8-10-11-12-13-15-17-19-21(22)23-20(3)18-16-14-9-7-5-2/h20H,4-19H2,1-3H3/t20-/m0/s1. The summed E-state index contributed by atoms with van der Waals surface area (Å²) in [7, 11) is 0. The second-order valence-corrected chi connectivity index (χ2v) is 7.08. The van der Waals surface area contributed by atoms with Crippen LogP contribution in [0.2, 0.25) is 0 Å². The average Bonchev–Trinajstić information content (AvgIpc) is 2.53. The molecule has 1 atom stereocenters. The maximum atomic E-state index is 11.8. The highest BCUT2D eigenvalue weighted by atomic mass is 16.5. The molecular weight excluding hydrogens is 284 g/mol. The molecule has 0 aliphatic heterocycles. The summed E-state index contributed by atoms with van der Waals surface area (Å²) in [6.45, 7) is 6.53. The van der Waals surface area contributed by atoms with Gasteiger partial charge in [0.15, 0.2) is 0 Å². The molecule has 138 valence electrons. The molecule has 0 heterocycles. The lowest BCUT2D eigenvalue weighted by Crippen LogP contribution is -2.14. The third kappa shape index (κ3) is 17.7. The van der Waals surface area contributed by atoms with Crippen molar-refractivity contribution in [1.82, 2.24) is 0 Å². The van der Waals surface area contributed by atoms with Gasteiger partial charge >= 0.3 is 5.97 Å². The Kier molecular flexibility index (Phi) is 17.4. The summed E-state index contributed by atoms with van der Waals surface area (Å²) in [5, 5.41) is 0. The Bertz CT molecular complexity index is 250. The van der Waals surface area contributed by atoms with Gasteiger partial charge in [0.1, 0.15) is 0 Å². The molecule has 0 rings (SSSR count). The minimum absolute atomic E-state index is 0.00834. The monoisotopic (exact) mass is 326 g/mol. The minimum Gasteiger partial charge on any atom is -0.463 e. The molecule has 0 radical (unpaired) electrons. The van der Waals surface area contributed by atoms with E-state index in [0.29, 0.717) is 6.42 Å². The molecule has 0 fully saturated rings. The Hall–Kier alpha value is -0.530. The molecule has 0 aliphatic rings. The van der Waals surface area contributed by atoms with Crippen LogP contribution in [0.25, 0.3) is 0 Å². The third-order valence-electron chi connectivity index (χ3n) is 4.53. The largest absolute Gasteiger partial charge is 0.463 e. The Balaban J connectivity index is 3.32. The predicted molar refractivity (Wildman–Crippen MR) is 101 cm³/mol. The van der Waals surface area contributed by atoms with Crippen LogP contribution in [-0.4, -0.2) is 12.1 Å². The van der Waals surface area contributed by atoms with Gasteiger partial charge in [-0.25, -0.2) is 0 Å². The van der Waals surface area contributed by atoms with E-state index in [4.69, 9.17) is 4.74 Å². The van der Waals surface area contributed by atoms with Gasteiger partial charge in [0, 0.05) is 6.42 Å². The number of carbonyl (C=O) groups is 1. The molecule has 0 bridgehead atoms. The van der Waals surface area contributed by atoms with E-state index in [1.54, 1.807) is 0 Å². The van der Waals surface area contributed by atoms with E-state index in [1.165, 1.54) is 83.5 Å². The van der Waals surface area contributed by atoms with Crippen molar-refractivity contribution in [3.63, 3.8) is 0 Å².